The summed E-state index contributed by atoms with van der Waals surface area (Å²) < 4.78 is 38.2. The lowest BCUT2D eigenvalue weighted by molar-refractivity contribution is -0.137. The normalized spacial score (nSPS) is 14.3. The zero-order chi connectivity index (χ0) is 18.3. The highest BCUT2D eigenvalue weighted by Crippen LogP contribution is 2.30. The van der Waals surface area contributed by atoms with Crippen molar-refractivity contribution in [2.24, 2.45) is 10.7 Å². The molecular formula is C17H27F3N4. The summed E-state index contributed by atoms with van der Waals surface area (Å²) in [5.74, 6) is 0.342. The first-order valence-corrected chi connectivity index (χ1v) is 8.16. The first kappa shape index (κ1) is 20.3. The van der Waals surface area contributed by atoms with Gasteiger partial charge in [0.15, 0.2) is 5.96 Å². The molecule has 0 radical (unpaired) electrons. The molecule has 7 heteroatoms. The van der Waals surface area contributed by atoms with Crippen LogP contribution < -0.4 is 11.1 Å². The Bertz CT molecular complexity index is 520. The molecule has 136 valence electrons. The van der Waals surface area contributed by atoms with Crippen molar-refractivity contribution in [1.82, 2.24) is 10.2 Å². The topological polar surface area (TPSA) is 53.6 Å². The molecule has 1 aromatic carbocycles. The maximum Gasteiger partial charge on any atom is 0.416 e. The molecule has 0 amide bonds. The van der Waals surface area contributed by atoms with Crippen molar-refractivity contribution in [3.8, 4) is 0 Å². The number of alkyl halides is 3. The van der Waals surface area contributed by atoms with Gasteiger partial charge >= 0.3 is 6.18 Å². The smallest absolute Gasteiger partial charge is 0.370 e. The molecule has 0 saturated heterocycles. The van der Waals surface area contributed by atoms with Gasteiger partial charge in [0, 0.05) is 6.04 Å². The number of halogens is 3. The third kappa shape index (κ3) is 6.03. The highest BCUT2D eigenvalue weighted by molar-refractivity contribution is 5.78. The van der Waals surface area contributed by atoms with E-state index in [1.807, 2.05) is 27.7 Å². The molecule has 0 spiro atoms. The van der Waals surface area contributed by atoms with Crippen LogP contribution in [0.3, 0.4) is 0 Å². The lowest BCUT2D eigenvalue weighted by atomic mass is 10.0. The van der Waals surface area contributed by atoms with Crippen molar-refractivity contribution < 1.29 is 13.2 Å². The van der Waals surface area contributed by atoms with Crippen LogP contribution >= 0.6 is 0 Å². The monoisotopic (exact) mass is 344 g/mol. The van der Waals surface area contributed by atoms with Gasteiger partial charge in [0.2, 0.25) is 0 Å². The lowest BCUT2D eigenvalue weighted by Gasteiger charge is -2.29. The minimum atomic E-state index is -4.33. The summed E-state index contributed by atoms with van der Waals surface area (Å²) in [6, 6.07) is 5.33. The summed E-state index contributed by atoms with van der Waals surface area (Å²) in [5.41, 5.74) is 5.99. The fourth-order valence-corrected chi connectivity index (χ4v) is 2.52. The third-order valence-electron chi connectivity index (χ3n) is 3.75. The molecule has 0 bridgehead atoms. The molecule has 0 aliphatic rings. The molecule has 0 aromatic heterocycles. The number of nitrogens with zero attached hydrogens (tertiary/aromatic N) is 2. The quantitative estimate of drug-likeness (QED) is 0.589. The SMILES string of the molecule is CCN(CC)C(CN=C(N)NC(C)C)c1ccc(C(F)(F)F)cc1. The minimum Gasteiger partial charge on any atom is -0.370 e. The van der Waals surface area contributed by atoms with Gasteiger partial charge in [0.05, 0.1) is 18.2 Å². The molecule has 0 saturated carbocycles. The van der Waals surface area contributed by atoms with Crippen molar-refractivity contribution in [3.05, 3.63) is 35.4 Å². The van der Waals surface area contributed by atoms with E-state index in [2.05, 4.69) is 15.2 Å². The van der Waals surface area contributed by atoms with Gasteiger partial charge in [-0.15, -0.1) is 0 Å². The zero-order valence-electron chi connectivity index (χ0n) is 14.7. The molecule has 1 unspecified atom stereocenters. The summed E-state index contributed by atoms with van der Waals surface area (Å²) in [7, 11) is 0. The molecule has 1 rings (SSSR count). The molecule has 3 N–H and O–H groups in total. The van der Waals surface area contributed by atoms with Crippen molar-refractivity contribution in [2.75, 3.05) is 19.6 Å². The van der Waals surface area contributed by atoms with Crippen LogP contribution in [0.1, 0.15) is 44.9 Å². The molecule has 0 fully saturated rings. The van der Waals surface area contributed by atoms with E-state index >= 15 is 0 Å². The fourth-order valence-electron chi connectivity index (χ4n) is 2.52. The molecular weight excluding hydrogens is 317 g/mol. The number of hydrogen-bond donors (Lipinski definition) is 2. The Morgan fingerprint density at radius 1 is 1.17 bits per heavy atom. The lowest BCUT2D eigenvalue weighted by Crippen LogP contribution is -2.38. The van der Waals surface area contributed by atoms with Crippen molar-refractivity contribution in [1.29, 1.82) is 0 Å². The Hall–Kier alpha value is -1.76. The maximum absolute atomic E-state index is 12.7. The van der Waals surface area contributed by atoms with Crippen molar-refractivity contribution >= 4 is 5.96 Å². The number of likely N-dealkylation sites (N-methyl/N-ethyl adjacent to an activating group) is 1. The second kappa shape index (κ2) is 8.92. The molecule has 1 atom stereocenters. The Morgan fingerprint density at radius 3 is 2.12 bits per heavy atom. The van der Waals surface area contributed by atoms with E-state index in [1.54, 1.807) is 0 Å². The number of aliphatic imine (C=N–C) groups is 1. The first-order chi connectivity index (χ1) is 11.2. The van der Waals surface area contributed by atoms with E-state index in [9.17, 15) is 13.2 Å². The van der Waals surface area contributed by atoms with Gasteiger partial charge in [0.25, 0.3) is 0 Å². The van der Waals surface area contributed by atoms with Crippen LogP contribution in [0.4, 0.5) is 13.2 Å². The van der Waals surface area contributed by atoms with E-state index in [4.69, 9.17) is 5.73 Å². The van der Waals surface area contributed by atoms with Crippen LogP contribution in [0.5, 0.6) is 0 Å². The standard InChI is InChI=1S/C17H27F3N4/c1-5-24(6-2)15(11-22-16(21)23-12(3)4)13-7-9-14(10-8-13)17(18,19)20/h7-10,12,15H,5-6,11H2,1-4H3,(H3,21,22,23). The Balaban J connectivity index is 3.01. The summed E-state index contributed by atoms with van der Waals surface area (Å²) in [6.45, 7) is 9.88. The molecule has 0 heterocycles. The summed E-state index contributed by atoms with van der Waals surface area (Å²) in [6.07, 6.45) is -4.33. The Morgan fingerprint density at radius 2 is 1.71 bits per heavy atom. The largest absolute Gasteiger partial charge is 0.416 e. The number of benzene rings is 1. The molecule has 24 heavy (non-hydrogen) atoms. The predicted molar refractivity (Wildman–Crippen MR) is 91.9 cm³/mol. The second-order valence-electron chi connectivity index (χ2n) is 5.88. The van der Waals surface area contributed by atoms with Gasteiger partial charge in [0.1, 0.15) is 0 Å². The van der Waals surface area contributed by atoms with E-state index < -0.39 is 11.7 Å². The van der Waals surface area contributed by atoms with Gasteiger partial charge in [-0.3, -0.25) is 9.89 Å². The second-order valence-corrected chi connectivity index (χ2v) is 5.88. The van der Waals surface area contributed by atoms with Gasteiger partial charge in [-0.05, 0) is 44.6 Å². The molecule has 4 nitrogen and oxygen atoms in total. The van der Waals surface area contributed by atoms with Gasteiger partial charge < -0.3 is 11.1 Å². The van der Waals surface area contributed by atoms with Crippen molar-refractivity contribution in [3.63, 3.8) is 0 Å². The number of hydrogen-bond acceptors (Lipinski definition) is 2. The number of nitrogens with two attached hydrogens (primary N) is 1. The zero-order valence-corrected chi connectivity index (χ0v) is 14.7. The average Bonchev–Trinajstić information content (AvgIpc) is 2.50. The third-order valence-corrected chi connectivity index (χ3v) is 3.75. The van der Waals surface area contributed by atoms with Gasteiger partial charge in [-0.25, -0.2) is 0 Å². The van der Waals surface area contributed by atoms with Gasteiger partial charge in [-0.1, -0.05) is 26.0 Å². The van der Waals surface area contributed by atoms with E-state index in [-0.39, 0.29) is 12.1 Å². The number of rotatable bonds is 7. The summed E-state index contributed by atoms with van der Waals surface area (Å²) in [4.78, 5) is 6.50. The molecule has 0 aliphatic carbocycles. The van der Waals surface area contributed by atoms with E-state index in [0.29, 0.717) is 12.5 Å². The fraction of sp³-hybridized carbons (Fsp3) is 0.588. The van der Waals surface area contributed by atoms with Crippen LogP contribution in [-0.2, 0) is 6.18 Å². The maximum atomic E-state index is 12.7. The summed E-state index contributed by atoms with van der Waals surface area (Å²) >= 11 is 0. The Kier molecular flexibility index (Phi) is 7.54. The highest BCUT2D eigenvalue weighted by Gasteiger charge is 2.30. The minimum absolute atomic E-state index is 0.116. The van der Waals surface area contributed by atoms with Gasteiger partial charge in [-0.2, -0.15) is 13.2 Å². The molecule has 0 aliphatic heterocycles. The van der Waals surface area contributed by atoms with E-state index in [0.717, 1.165) is 30.8 Å². The van der Waals surface area contributed by atoms with Crippen molar-refractivity contribution in [2.45, 2.75) is 46.0 Å². The van der Waals surface area contributed by atoms with Crippen LogP contribution in [0, 0.1) is 0 Å². The van der Waals surface area contributed by atoms with Crippen LogP contribution in [0.25, 0.3) is 0 Å². The highest BCUT2D eigenvalue weighted by atomic mass is 19.4. The predicted octanol–water partition coefficient (Wildman–Crippen LogP) is 3.40. The average molecular weight is 344 g/mol. The molecule has 1 aromatic rings. The number of guanidine groups is 1. The van der Waals surface area contributed by atoms with E-state index in [1.165, 1.54) is 12.1 Å². The first-order valence-electron chi connectivity index (χ1n) is 8.16. The van der Waals surface area contributed by atoms with Crippen LogP contribution in [0.2, 0.25) is 0 Å². The van der Waals surface area contributed by atoms with Crippen LogP contribution in [-0.4, -0.2) is 36.5 Å². The Labute approximate surface area is 141 Å². The summed E-state index contributed by atoms with van der Waals surface area (Å²) in [5, 5.41) is 3.01. The number of nitrogens with one attached hydrogen (secondary N) is 1. The van der Waals surface area contributed by atoms with Crippen LogP contribution in [0.15, 0.2) is 29.3 Å².